The molecule has 2 aromatic heterocycles. The fraction of sp³-hybridized carbons (Fsp3) is 0. The van der Waals surface area contributed by atoms with Gasteiger partial charge in [0, 0.05) is 9.83 Å². The SMILES string of the molecule is O=S(=O)([N-]c1nc2ccccc2s1)c1cccs1. The Balaban J connectivity index is 1.97. The smallest absolute Gasteiger partial charge is 0.212 e. The molecule has 7 heteroatoms. The number of hydrogen-bond donors (Lipinski definition) is 0. The summed E-state index contributed by atoms with van der Waals surface area (Å²) < 4.78 is 28.8. The highest BCUT2D eigenvalue weighted by Gasteiger charge is 2.11. The van der Waals surface area contributed by atoms with Crippen molar-refractivity contribution in [3.05, 3.63) is 46.5 Å². The Bertz CT molecular complexity index is 743. The molecule has 4 nitrogen and oxygen atoms in total. The second kappa shape index (κ2) is 4.34. The molecule has 0 fully saturated rings. The van der Waals surface area contributed by atoms with Gasteiger partial charge < -0.3 is 9.71 Å². The number of para-hydroxylation sites is 1. The average molecular weight is 295 g/mol. The topological polar surface area (TPSA) is 61.1 Å². The summed E-state index contributed by atoms with van der Waals surface area (Å²) in [6, 6.07) is 10.7. The van der Waals surface area contributed by atoms with E-state index in [1.807, 2.05) is 24.3 Å². The van der Waals surface area contributed by atoms with Crippen LogP contribution in [0.5, 0.6) is 0 Å². The first-order valence-corrected chi connectivity index (χ1v) is 8.16. The maximum atomic E-state index is 11.9. The van der Waals surface area contributed by atoms with Gasteiger partial charge in [0.2, 0.25) is 10.0 Å². The van der Waals surface area contributed by atoms with Crippen LogP contribution in [0.2, 0.25) is 0 Å². The summed E-state index contributed by atoms with van der Waals surface area (Å²) in [5.41, 5.74) is 0.766. The molecule has 0 N–H and O–H groups in total. The molecule has 0 aliphatic carbocycles. The number of benzene rings is 1. The molecule has 3 rings (SSSR count). The number of thiazole rings is 1. The number of hydrogen-bond acceptors (Lipinski definition) is 5. The Labute approximate surface area is 112 Å². The highest BCUT2D eigenvalue weighted by atomic mass is 32.2. The summed E-state index contributed by atoms with van der Waals surface area (Å²) in [5.74, 6) is 0. The quantitative estimate of drug-likeness (QED) is 0.739. The predicted octanol–water partition coefficient (Wildman–Crippen LogP) is 3.75. The number of rotatable bonds is 3. The third kappa shape index (κ3) is 2.12. The first-order chi connectivity index (χ1) is 8.65. The normalized spacial score (nSPS) is 11.8. The zero-order chi connectivity index (χ0) is 12.6. The largest absolute Gasteiger partial charge is 0.426 e. The van der Waals surface area contributed by atoms with Gasteiger partial charge in [-0.3, -0.25) is 0 Å². The Morgan fingerprint density at radius 3 is 2.67 bits per heavy atom. The third-order valence-corrected chi connectivity index (χ3v) is 5.92. The third-order valence-electron chi connectivity index (χ3n) is 2.23. The van der Waals surface area contributed by atoms with Crippen molar-refractivity contribution in [3.8, 4) is 0 Å². The van der Waals surface area contributed by atoms with Crippen LogP contribution in [0.25, 0.3) is 14.9 Å². The van der Waals surface area contributed by atoms with Gasteiger partial charge in [-0.05, 0) is 23.0 Å². The van der Waals surface area contributed by atoms with Crippen LogP contribution in [0.4, 0.5) is 5.13 Å². The van der Waals surface area contributed by atoms with E-state index < -0.39 is 10.0 Å². The molecule has 3 aromatic rings. The number of sulfonamides is 1. The fourth-order valence-corrected chi connectivity index (χ4v) is 4.41. The average Bonchev–Trinajstić information content (AvgIpc) is 2.96. The molecular formula is C11H7N2O2S3-. The van der Waals surface area contributed by atoms with Crippen LogP contribution >= 0.6 is 22.7 Å². The van der Waals surface area contributed by atoms with Gasteiger partial charge in [-0.1, -0.05) is 24.3 Å². The van der Waals surface area contributed by atoms with E-state index in [1.165, 1.54) is 17.4 Å². The van der Waals surface area contributed by atoms with Crippen molar-refractivity contribution >= 4 is 48.0 Å². The van der Waals surface area contributed by atoms with Gasteiger partial charge >= 0.3 is 0 Å². The van der Waals surface area contributed by atoms with Crippen molar-refractivity contribution in [3.63, 3.8) is 0 Å². The van der Waals surface area contributed by atoms with Crippen molar-refractivity contribution in [2.24, 2.45) is 0 Å². The molecule has 1 aromatic carbocycles. The van der Waals surface area contributed by atoms with Crippen LogP contribution in [-0.2, 0) is 10.0 Å². The van der Waals surface area contributed by atoms with E-state index >= 15 is 0 Å². The molecule has 0 spiro atoms. The number of thiophene rings is 1. The molecule has 92 valence electrons. The Kier molecular flexibility index (Phi) is 2.81. The van der Waals surface area contributed by atoms with E-state index in [4.69, 9.17) is 0 Å². The highest BCUT2D eigenvalue weighted by molar-refractivity contribution is 7.96. The first kappa shape index (κ1) is 11.6. The minimum atomic E-state index is -3.63. The summed E-state index contributed by atoms with van der Waals surface area (Å²) in [6.45, 7) is 0. The van der Waals surface area contributed by atoms with Gasteiger partial charge in [-0.2, -0.15) is 0 Å². The molecule has 0 saturated heterocycles. The minimum absolute atomic E-state index is 0.238. The molecule has 2 heterocycles. The van der Waals surface area contributed by atoms with E-state index in [-0.39, 0.29) is 9.34 Å². The lowest BCUT2D eigenvalue weighted by atomic mass is 10.3. The molecule has 0 aliphatic rings. The maximum Gasteiger partial charge on any atom is 0.212 e. The highest BCUT2D eigenvalue weighted by Crippen LogP contribution is 2.35. The van der Waals surface area contributed by atoms with E-state index in [0.29, 0.717) is 0 Å². The van der Waals surface area contributed by atoms with Gasteiger partial charge in [0.05, 0.1) is 0 Å². The number of nitrogens with zero attached hydrogens (tertiary/aromatic N) is 2. The van der Waals surface area contributed by atoms with E-state index in [0.717, 1.165) is 21.6 Å². The number of aromatic nitrogens is 1. The van der Waals surface area contributed by atoms with Gasteiger partial charge in [0.25, 0.3) is 0 Å². The zero-order valence-electron chi connectivity index (χ0n) is 8.98. The van der Waals surface area contributed by atoms with Gasteiger partial charge in [0.1, 0.15) is 4.21 Å². The first-order valence-electron chi connectivity index (χ1n) is 5.02. The molecule has 0 amide bonds. The molecule has 18 heavy (non-hydrogen) atoms. The lowest BCUT2D eigenvalue weighted by Crippen LogP contribution is -1.93. The molecule has 0 radical (unpaired) electrons. The molecule has 0 unspecified atom stereocenters. The molecule has 0 saturated carbocycles. The van der Waals surface area contributed by atoms with Crippen LogP contribution in [0.3, 0.4) is 0 Å². The summed E-state index contributed by atoms with van der Waals surface area (Å²) in [4.78, 5) is 4.19. The summed E-state index contributed by atoms with van der Waals surface area (Å²) in [7, 11) is -3.63. The standard InChI is InChI=1S/C11H7N2O2S3/c14-18(15,10-6-3-7-16-10)13-11-12-8-4-1-2-5-9(8)17-11/h1-7H/q-1. The molecular weight excluding hydrogens is 288 g/mol. The molecule has 0 bridgehead atoms. The van der Waals surface area contributed by atoms with Crippen molar-refractivity contribution in [2.45, 2.75) is 4.21 Å². The van der Waals surface area contributed by atoms with Gasteiger partial charge in [-0.15, -0.1) is 22.7 Å². The Hall–Kier alpha value is -1.44. The Morgan fingerprint density at radius 1 is 1.11 bits per heavy atom. The van der Waals surface area contributed by atoms with Crippen molar-refractivity contribution in [1.29, 1.82) is 0 Å². The van der Waals surface area contributed by atoms with Crippen LogP contribution < -0.4 is 0 Å². The Morgan fingerprint density at radius 2 is 1.94 bits per heavy atom. The summed E-state index contributed by atoms with van der Waals surface area (Å²) in [5, 5.41) is 1.98. The van der Waals surface area contributed by atoms with Crippen LogP contribution in [0, 0.1) is 0 Å². The van der Waals surface area contributed by atoms with Gasteiger partial charge in [-0.25, -0.2) is 8.42 Å². The summed E-state index contributed by atoms with van der Waals surface area (Å²) >= 11 is 2.42. The summed E-state index contributed by atoms with van der Waals surface area (Å²) in [6.07, 6.45) is 0. The van der Waals surface area contributed by atoms with Crippen LogP contribution in [-0.4, -0.2) is 13.4 Å². The number of fused-ring (bicyclic) bond motifs is 1. The maximum absolute atomic E-state index is 11.9. The molecule has 0 aliphatic heterocycles. The fourth-order valence-electron chi connectivity index (χ4n) is 1.46. The molecule has 0 atom stereocenters. The van der Waals surface area contributed by atoms with Crippen LogP contribution in [0.15, 0.2) is 46.0 Å². The van der Waals surface area contributed by atoms with Gasteiger partial charge in [0.15, 0.2) is 0 Å². The second-order valence-corrected chi connectivity index (χ2v) is 7.25. The lowest BCUT2D eigenvalue weighted by Gasteiger charge is -2.09. The van der Waals surface area contributed by atoms with Crippen molar-refractivity contribution < 1.29 is 8.42 Å². The van der Waals surface area contributed by atoms with Crippen LogP contribution in [0.1, 0.15) is 0 Å². The monoisotopic (exact) mass is 295 g/mol. The van der Waals surface area contributed by atoms with Crippen molar-refractivity contribution in [1.82, 2.24) is 4.98 Å². The minimum Gasteiger partial charge on any atom is -0.426 e. The predicted molar refractivity (Wildman–Crippen MR) is 74.1 cm³/mol. The van der Waals surface area contributed by atoms with E-state index in [1.54, 1.807) is 11.4 Å². The van der Waals surface area contributed by atoms with Crippen molar-refractivity contribution in [2.75, 3.05) is 0 Å². The second-order valence-electron chi connectivity index (χ2n) is 3.46. The zero-order valence-corrected chi connectivity index (χ0v) is 11.4. The van der Waals surface area contributed by atoms with E-state index in [2.05, 4.69) is 9.71 Å². The van der Waals surface area contributed by atoms with E-state index in [9.17, 15) is 8.42 Å². The lowest BCUT2D eigenvalue weighted by molar-refractivity contribution is 0.605.